The third-order valence-corrected chi connectivity index (χ3v) is 2.79. The quantitative estimate of drug-likeness (QED) is 0.621. The van der Waals surface area contributed by atoms with Gasteiger partial charge in [-0.15, -0.1) is 0 Å². The Balaban J connectivity index is 4.55. The number of aliphatic carboxylic acids is 1. The van der Waals surface area contributed by atoms with Crippen molar-refractivity contribution in [1.82, 2.24) is 10.2 Å². The second-order valence-electron chi connectivity index (χ2n) is 4.77. The van der Waals surface area contributed by atoms with Crippen molar-refractivity contribution < 1.29 is 24.2 Å². The van der Waals surface area contributed by atoms with E-state index in [0.29, 0.717) is 19.8 Å². The molecule has 0 saturated carbocycles. The van der Waals surface area contributed by atoms with Crippen molar-refractivity contribution in [1.29, 1.82) is 0 Å². The Kier molecular flexibility index (Phi) is 9.75. The summed E-state index contributed by atoms with van der Waals surface area (Å²) in [6.45, 7) is 6.98. The number of hydrogen-bond acceptors (Lipinski definition) is 4. The SMILES string of the molecule is CCOCC(NC(=O)N(CCOC)CC(=O)O)C(C)C. The van der Waals surface area contributed by atoms with Crippen LogP contribution < -0.4 is 5.32 Å². The number of carbonyl (C=O) groups is 2. The Morgan fingerprint density at radius 1 is 1.35 bits per heavy atom. The number of urea groups is 1. The van der Waals surface area contributed by atoms with Crippen molar-refractivity contribution >= 4 is 12.0 Å². The molecule has 0 spiro atoms. The second-order valence-corrected chi connectivity index (χ2v) is 4.77. The van der Waals surface area contributed by atoms with E-state index in [-0.39, 0.29) is 25.0 Å². The van der Waals surface area contributed by atoms with Gasteiger partial charge in [0.15, 0.2) is 0 Å². The first-order valence-electron chi connectivity index (χ1n) is 6.76. The van der Waals surface area contributed by atoms with Crippen molar-refractivity contribution in [2.45, 2.75) is 26.8 Å². The maximum absolute atomic E-state index is 12.1. The van der Waals surface area contributed by atoms with E-state index in [4.69, 9.17) is 14.6 Å². The minimum Gasteiger partial charge on any atom is -0.480 e. The molecule has 1 atom stereocenters. The molecule has 0 saturated heterocycles. The Hall–Kier alpha value is -1.34. The Morgan fingerprint density at radius 3 is 2.45 bits per heavy atom. The number of rotatable bonds is 10. The molecular formula is C13H26N2O5. The van der Waals surface area contributed by atoms with Crippen molar-refractivity contribution in [3.8, 4) is 0 Å². The average molecular weight is 290 g/mol. The van der Waals surface area contributed by atoms with Crippen molar-refractivity contribution in [2.75, 3.05) is 40.0 Å². The molecule has 1 unspecified atom stereocenters. The molecule has 0 heterocycles. The minimum absolute atomic E-state index is 0.152. The highest BCUT2D eigenvalue weighted by Crippen LogP contribution is 2.04. The fourth-order valence-electron chi connectivity index (χ4n) is 1.51. The van der Waals surface area contributed by atoms with E-state index >= 15 is 0 Å². The van der Waals surface area contributed by atoms with Gasteiger partial charge in [-0.2, -0.15) is 0 Å². The van der Waals surface area contributed by atoms with Gasteiger partial charge in [-0.1, -0.05) is 13.8 Å². The zero-order chi connectivity index (χ0) is 15.5. The van der Waals surface area contributed by atoms with Gasteiger partial charge in [-0.05, 0) is 12.8 Å². The van der Waals surface area contributed by atoms with Crippen LogP contribution in [0.1, 0.15) is 20.8 Å². The molecule has 0 aromatic heterocycles. The van der Waals surface area contributed by atoms with Crippen LogP contribution in [0.3, 0.4) is 0 Å². The summed E-state index contributed by atoms with van der Waals surface area (Å²) in [6, 6.07) is -0.566. The van der Waals surface area contributed by atoms with Gasteiger partial charge in [0.1, 0.15) is 6.54 Å². The molecular weight excluding hydrogens is 264 g/mol. The first-order chi connectivity index (χ1) is 9.42. The zero-order valence-corrected chi connectivity index (χ0v) is 12.7. The number of amides is 2. The molecule has 0 aliphatic rings. The third-order valence-electron chi connectivity index (χ3n) is 2.79. The minimum atomic E-state index is -1.05. The van der Waals surface area contributed by atoms with Crippen LogP contribution in [0, 0.1) is 5.92 Å². The molecule has 2 N–H and O–H groups in total. The highest BCUT2D eigenvalue weighted by atomic mass is 16.5. The van der Waals surface area contributed by atoms with E-state index in [1.807, 2.05) is 20.8 Å². The standard InChI is InChI=1S/C13H26N2O5/c1-5-20-9-11(10(2)3)14-13(18)15(6-7-19-4)8-12(16)17/h10-11H,5-9H2,1-4H3,(H,14,18)(H,16,17). The Bertz CT molecular complexity index is 296. The molecule has 0 aliphatic heterocycles. The first-order valence-corrected chi connectivity index (χ1v) is 6.76. The predicted octanol–water partition coefficient (Wildman–Crippen LogP) is 0.790. The van der Waals surface area contributed by atoms with Gasteiger partial charge in [0, 0.05) is 20.3 Å². The lowest BCUT2D eigenvalue weighted by Gasteiger charge is -2.27. The summed E-state index contributed by atoms with van der Waals surface area (Å²) >= 11 is 0. The van der Waals surface area contributed by atoms with Crippen LogP contribution in [0.15, 0.2) is 0 Å². The second kappa shape index (κ2) is 10.4. The number of nitrogens with one attached hydrogen (secondary N) is 1. The highest BCUT2D eigenvalue weighted by molar-refractivity contribution is 5.80. The van der Waals surface area contributed by atoms with Crippen LogP contribution in [0.2, 0.25) is 0 Å². The summed E-state index contributed by atoms with van der Waals surface area (Å²) < 4.78 is 10.2. The van der Waals surface area contributed by atoms with E-state index < -0.39 is 12.0 Å². The lowest BCUT2D eigenvalue weighted by atomic mass is 10.1. The van der Waals surface area contributed by atoms with Gasteiger partial charge in [0.25, 0.3) is 0 Å². The van der Waals surface area contributed by atoms with E-state index in [1.165, 1.54) is 12.0 Å². The van der Waals surface area contributed by atoms with Crippen LogP contribution in [0.5, 0.6) is 0 Å². The largest absolute Gasteiger partial charge is 0.480 e. The summed E-state index contributed by atoms with van der Waals surface area (Å²) in [5.74, 6) is -0.859. The van der Waals surface area contributed by atoms with E-state index in [9.17, 15) is 9.59 Å². The smallest absolute Gasteiger partial charge is 0.323 e. The number of hydrogen-bond donors (Lipinski definition) is 2. The molecule has 118 valence electrons. The van der Waals surface area contributed by atoms with Crippen molar-refractivity contribution in [2.24, 2.45) is 5.92 Å². The maximum Gasteiger partial charge on any atom is 0.323 e. The van der Waals surface area contributed by atoms with Gasteiger partial charge in [0.2, 0.25) is 0 Å². The van der Waals surface area contributed by atoms with E-state index in [1.54, 1.807) is 0 Å². The number of carboxylic acid groups (broad SMARTS) is 1. The molecule has 0 aliphatic carbocycles. The number of carbonyl (C=O) groups excluding carboxylic acids is 1. The van der Waals surface area contributed by atoms with Crippen LogP contribution in [-0.2, 0) is 14.3 Å². The topological polar surface area (TPSA) is 88.1 Å². The van der Waals surface area contributed by atoms with Crippen LogP contribution >= 0.6 is 0 Å². The molecule has 0 fully saturated rings. The molecule has 0 aromatic rings. The highest BCUT2D eigenvalue weighted by Gasteiger charge is 2.21. The van der Waals surface area contributed by atoms with Gasteiger partial charge >= 0.3 is 12.0 Å². The van der Waals surface area contributed by atoms with Crippen LogP contribution in [-0.4, -0.2) is 68.1 Å². The molecule has 20 heavy (non-hydrogen) atoms. The zero-order valence-electron chi connectivity index (χ0n) is 12.7. The first kappa shape index (κ1) is 18.7. The van der Waals surface area contributed by atoms with Gasteiger partial charge in [-0.3, -0.25) is 4.79 Å². The summed E-state index contributed by atoms with van der Waals surface area (Å²) in [4.78, 5) is 24.1. The number of carboxylic acids is 1. The summed E-state index contributed by atoms with van der Waals surface area (Å²) in [5, 5.41) is 11.6. The molecule has 0 bridgehead atoms. The predicted molar refractivity (Wildman–Crippen MR) is 74.7 cm³/mol. The average Bonchev–Trinajstić information content (AvgIpc) is 2.38. The Morgan fingerprint density at radius 2 is 2.00 bits per heavy atom. The molecule has 0 radical (unpaired) electrons. The Labute approximate surface area is 120 Å². The van der Waals surface area contributed by atoms with Crippen LogP contribution in [0.4, 0.5) is 4.79 Å². The lowest BCUT2D eigenvalue weighted by Crippen LogP contribution is -2.50. The lowest BCUT2D eigenvalue weighted by molar-refractivity contribution is -0.137. The monoisotopic (exact) mass is 290 g/mol. The number of ether oxygens (including phenoxy) is 2. The summed E-state index contributed by atoms with van der Waals surface area (Å²) in [7, 11) is 1.50. The molecule has 0 aromatic carbocycles. The van der Waals surface area contributed by atoms with Gasteiger partial charge < -0.3 is 24.8 Å². The number of nitrogens with zero attached hydrogens (tertiary/aromatic N) is 1. The van der Waals surface area contributed by atoms with Crippen LogP contribution in [0.25, 0.3) is 0 Å². The normalized spacial score (nSPS) is 12.2. The maximum atomic E-state index is 12.1. The summed E-state index contributed by atoms with van der Waals surface area (Å²) in [6.07, 6.45) is 0. The third kappa shape index (κ3) is 7.96. The summed E-state index contributed by atoms with van der Waals surface area (Å²) in [5.41, 5.74) is 0. The molecule has 7 heteroatoms. The molecule has 7 nitrogen and oxygen atoms in total. The number of methoxy groups -OCH3 is 1. The van der Waals surface area contributed by atoms with Crippen molar-refractivity contribution in [3.63, 3.8) is 0 Å². The van der Waals surface area contributed by atoms with Gasteiger partial charge in [-0.25, -0.2) is 4.79 Å². The van der Waals surface area contributed by atoms with Crippen molar-refractivity contribution in [3.05, 3.63) is 0 Å². The molecule has 0 rings (SSSR count). The van der Waals surface area contributed by atoms with E-state index in [0.717, 1.165) is 0 Å². The fraction of sp³-hybridized carbons (Fsp3) is 0.846. The van der Waals surface area contributed by atoms with Gasteiger partial charge in [0.05, 0.1) is 19.3 Å². The molecule has 2 amide bonds. The fourth-order valence-corrected chi connectivity index (χ4v) is 1.51. The van der Waals surface area contributed by atoms with E-state index in [2.05, 4.69) is 5.32 Å².